The van der Waals surface area contributed by atoms with Gasteiger partial charge in [-0.15, -0.1) is 0 Å². The van der Waals surface area contributed by atoms with Crippen LogP contribution in [0.5, 0.6) is 0 Å². The van der Waals surface area contributed by atoms with Crippen LogP contribution < -0.4 is 5.73 Å². The highest BCUT2D eigenvalue weighted by molar-refractivity contribution is 4.62. The van der Waals surface area contributed by atoms with E-state index in [0.29, 0.717) is 19.8 Å². The predicted octanol–water partition coefficient (Wildman–Crippen LogP) is 0.0268. The standard InChI is InChI=1S/C8H19NO4/c1-4-11-7(9)8(10,12-5-2)13-6-3/h7,10H,4-6,9H2,1-3H3. The Hall–Kier alpha value is -0.200. The summed E-state index contributed by atoms with van der Waals surface area (Å²) in [6.45, 7) is 6.25. The highest BCUT2D eigenvalue weighted by Crippen LogP contribution is 2.14. The van der Waals surface area contributed by atoms with Crippen molar-refractivity contribution < 1.29 is 19.3 Å². The molecule has 0 fully saturated rings. The van der Waals surface area contributed by atoms with Crippen molar-refractivity contribution in [2.75, 3.05) is 19.8 Å². The summed E-state index contributed by atoms with van der Waals surface area (Å²) in [6.07, 6.45) is -0.989. The van der Waals surface area contributed by atoms with E-state index in [1.807, 2.05) is 0 Å². The van der Waals surface area contributed by atoms with Crippen molar-refractivity contribution in [3.05, 3.63) is 0 Å². The van der Waals surface area contributed by atoms with Crippen molar-refractivity contribution in [2.45, 2.75) is 33.0 Å². The molecule has 0 rings (SSSR count). The largest absolute Gasteiger partial charge is 0.355 e. The first-order chi connectivity index (χ1) is 6.10. The molecular weight excluding hydrogens is 174 g/mol. The van der Waals surface area contributed by atoms with Gasteiger partial charge in [-0.1, -0.05) is 0 Å². The topological polar surface area (TPSA) is 73.9 Å². The van der Waals surface area contributed by atoms with Gasteiger partial charge in [0.15, 0.2) is 6.23 Å². The lowest BCUT2D eigenvalue weighted by molar-refractivity contribution is -0.397. The third-order valence-corrected chi connectivity index (χ3v) is 1.41. The molecule has 3 N–H and O–H groups in total. The van der Waals surface area contributed by atoms with Crippen LogP contribution in [0, 0.1) is 0 Å². The summed E-state index contributed by atoms with van der Waals surface area (Å²) in [7, 11) is 0. The molecule has 0 aliphatic carbocycles. The van der Waals surface area contributed by atoms with Gasteiger partial charge in [0.1, 0.15) is 0 Å². The smallest absolute Gasteiger partial charge is 0.322 e. The Labute approximate surface area is 78.8 Å². The second-order valence-electron chi connectivity index (χ2n) is 2.37. The fourth-order valence-electron chi connectivity index (χ4n) is 0.904. The summed E-state index contributed by atoms with van der Waals surface area (Å²) in [5.41, 5.74) is 5.51. The Morgan fingerprint density at radius 1 is 1.15 bits per heavy atom. The maximum atomic E-state index is 9.72. The molecule has 80 valence electrons. The molecule has 0 amide bonds. The van der Waals surface area contributed by atoms with E-state index >= 15 is 0 Å². The molecule has 0 aliphatic heterocycles. The molecule has 0 saturated heterocycles. The van der Waals surface area contributed by atoms with Crippen LogP contribution in [-0.4, -0.2) is 37.1 Å². The van der Waals surface area contributed by atoms with Crippen molar-refractivity contribution in [1.29, 1.82) is 0 Å². The third kappa shape index (κ3) is 4.02. The molecular formula is C8H19NO4. The van der Waals surface area contributed by atoms with Crippen LogP contribution in [0.15, 0.2) is 0 Å². The van der Waals surface area contributed by atoms with Gasteiger partial charge in [-0.2, -0.15) is 0 Å². The summed E-state index contributed by atoms with van der Waals surface area (Å²) >= 11 is 0. The molecule has 0 spiro atoms. The lowest BCUT2D eigenvalue weighted by Crippen LogP contribution is -2.53. The van der Waals surface area contributed by atoms with E-state index in [4.69, 9.17) is 19.9 Å². The van der Waals surface area contributed by atoms with Crippen LogP contribution in [0.25, 0.3) is 0 Å². The normalized spacial score (nSPS) is 14.5. The Kier molecular flexibility index (Phi) is 6.19. The lowest BCUT2D eigenvalue weighted by atomic mass is 10.4. The van der Waals surface area contributed by atoms with Crippen LogP contribution in [0.2, 0.25) is 0 Å². The van der Waals surface area contributed by atoms with Crippen LogP contribution in [0.4, 0.5) is 0 Å². The molecule has 0 aromatic heterocycles. The van der Waals surface area contributed by atoms with Crippen LogP contribution in [-0.2, 0) is 14.2 Å². The van der Waals surface area contributed by atoms with Gasteiger partial charge in [0, 0.05) is 19.8 Å². The minimum atomic E-state index is -1.83. The molecule has 0 aromatic carbocycles. The first-order valence-corrected chi connectivity index (χ1v) is 4.48. The average molecular weight is 193 g/mol. The van der Waals surface area contributed by atoms with Gasteiger partial charge in [-0.25, -0.2) is 0 Å². The lowest BCUT2D eigenvalue weighted by Gasteiger charge is -2.31. The summed E-state index contributed by atoms with van der Waals surface area (Å²) < 4.78 is 14.9. The zero-order chi connectivity index (χ0) is 10.3. The molecule has 1 unspecified atom stereocenters. The third-order valence-electron chi connectivity index (χ3n) is 1.41. The second kappa shape index (κ2) is 6.28. The molecule has 0 saturated carbocycles. The molecule has 5 heteroatoms. The molecule has 0 radical (unpaired) electrons. The van der Waals surface area contributed by atoms with E-state index in [-0.39, 0.29) is 0 Å². The van der Waals surface area contributed by atoms with Gasteiger partial charge >= 0.3 is 5.97 Å². The first kappa shape index (κ1) is 12.8. The zero-order valence-corrected chi connectivity index (χ0v) is 8.45. The fraction of sp³-hybridized carbons (Fsp3) is 1.00. The van der Waals surface area contributed by atoms with Crippen molar-refractivity contribution in [2.24, 2.45) is 5.73 Å². The van der Waals surface area contributed by atoms with Crippen LogP contribution in [0.3, 0.4) is 0 Å². The van der Waals surface area contributed by atoms with E-state index in [1.165, 1.54) is 0 Å². The van der Waals surface area contributed by atoms with Crippen molar-refractivity contribution in [3.63, 3.8) is 0 Å². The van der Waals surface area contributed by atoms with Crippen LogP contribution >= 0.6 is 0 Å². The van der Waals surface area contributed by atoms with E-state index in [9.17, 15) is 5.11 Å². The number of aliphatic hydroxyl groups is 1. The molecule has 0 bridgehead atoms. The average Bonchev–Trinajstić information content (AvgIpc) is 2.05. The van der Waals surface area contributed by atoms with Gasteiger partial charge in [0.2, 0.25) is 0 Å². The summed E-state index contributed by atoms with van der Waals surface area (Å²) in [5, 5.41) is 9.72. The van der Waals surface area contributed by atoms with Crippen LogP contribution in [0.1, 0.15) is 20.8 Å². The number of hydrogen-bond donors (Lipinski definition) is 2. The Morgan fingerprint density at radius 2 is 1.62 bits per heavy atom. The fourth-order valence-corrected chi connectivity index (χ4v) is 0.904. The number of ether oxygens (including phenoxy) is 3. The molecule has 5 nitrogen and oxygen atoms in total. The monoisotopic (exact) mass is 193 g/mol. The SMILES string of the molecule is CCOC(N)C(O)(OCC)OCC. The van der Waals surface area contributed by atoms with Crippen molar-refractivity contribution >= 4 is 0 Å². The number of hydrogen-bond acceptors (Lipinski definition) is 5. The minimum Gasteiger partial charge on any atom is -0.355 e. The molecule has 0 aromatic rings. The Balaban J connectivity index is 4.18. The minimum absolute atomic E-state index is 0.303. The molecule has 0 heterocycles. The Bertz CT molecular complexity index is 125. The van der Waals surface area contributed by atoms with Gasteiger partial charge in [-0.05, 0) is 20.8 Å². The van der Waals surface area contributed by atoms with Gasteiger partial charge in [0.25, 0.3) is 0 Å². The highest BCUT2D eigenvalue weighted by Gasteiger charge is 2.37. The van der Waals surface area contributed by atoms with E-state index in [2.05, 4.69) is 0 Å². The number of nitrogens with two attached hydrogens (primary N) is 1. The maximum Gasteiger partial charge on any atom is 0.322 e. The molecule has 0 aliphatic rings. The summed E-state index contributed by atoms with van der Waals surface area (Å²) in [6, 6.07) is 0. The van der Waals surface area contributed by atoms with Gasteiger partial charge < -0.3 is 19.3 Å². The second-order valence-corrected chi connectivity index (χ2v) is 2.37. The molecule has 13 heavy (non-hydrogen) atoms. The van der Waals surface area contributed by atoms with E-state index < -0.39 is 12.2 Å². The van der Waals surface area contributed by atoms with E-state index in [1.54, 1.807) is 20.8 Å². The predicted molar refractivity (Wildman–Crippen MR) is 47.8 cm³/mol. The zero-order valence-electron chi connectivity index (χ0n) is 8.45. The Morgan fingerprint density at radius 3 is 1.92 bits per heavy atom. The summed E-state index contributed by atoms with van der Waals surface area (Å²) in [4.78, 5) is 0. The quantitative estimate of drug-likeness (QED) is 0.558. The van der Waals surface area contributed by atoms with Crippen molar-refractivity contribution in [3.8, 4) is 0 Å². The highest BCUT2D eigenvalue weighted by atomic mass is 16.8. The number of rotatable bonds is 7. The maximum absolute atomic E-state index is 9.72. The van der Waals surface area contributed by atoms with Gasteiger partial charge in [-0.3, -0.25) is 5.73 Å². The summed E-state index contributed by atoms with van der Waals surface area (Å²) in [5.74, 6) is -1.83. The van der Waals surface area contributed by atoms with E-state index in [0.717, 1.165) is 0 Å². The van der Waals surface area contributed by atoms with Gasteiger partial charge in [0.05, 0.1) is 0 Å². The molecule has 1 atom stereocenters. The van der Waals surface area contributed by atoms with Crippen molar-refractivity contribution in [1.82, 2.24) is 0 Å². The first-order valence-electron chi connectivity index (χ1n) is 4.48.